The van der Waals surface area contributed by atoms with Crippen molar-refractivity contribution in [1.29, 1.82) is 5.26 Å². The van der Waals surface area contributed by atoms with E-state index in [4.69, 9.17) is 10.00 Å². The summed E-state index contributed by atoms with van der Waals surface area (Å²) in [5, 5.41) is 8.91. The molecule has 1 heterocycles. The van der Waals surface area contributed by atoms with Gasteiger partial charge >= 0.3 is 6.09 Å². The molecule has 0 bridgehead atoms. The molecule has 3 unspecified atom stereocenters. The predicted molar refractivity (Wildman–Crippen MR) is 72.4 cm³/mol. The number of rotatable bonds is 3. The predicted octanol–water partition coefficient (Wildman–Crippen LogP) is 3.18. The molecule has 19 heavy (non-hydrogen) atoms. The second-order valence-corrected chi connectivity index (χ2v) is 6.51. The lowest BCUT2D eigenvalue weighted by Gasteiger charge is -2.43. The zero-order chi connectivity index (χ0) is 14.0. The highest BCUT2D eigenvalue weighted by Crippen LogP contribution is 2.39. The molecule has 0 N–H and O–H groups in total. The number of nitrogens with zero attached hydrogens (tertiary/aromatic N) is 2. The number of ether oxygens (including phenoxy) is 1. The SMILES string of the molecule is CC(OC(=O)N1CCC(C)(CC#N)C(C)C1)C1CC1. The van der Waals surface area contributed by atoms with Gasteiger partial charge in [-0.3, -0.25) is 0 Å². The van der Waals surface area contributed by atoms with Crippen LogP contribution in [0.3, 0.4) is 0 Å². The Kier molecular flexibility index (Phi) is 4.03. The summed E-state index contributed by atoms with van der Waals surface area (Å²) in [6.07, 6.45) is 3.70. The molecule has 2 fully saturated rings. The molecule has 4 heteroatoms. The van der Waals surface area contributed by atoms with Gasteiger partial charge < -0.3 is 9.64 Å². The van der Waals surface area contributed by atoms with Crippen molar-refractivity contribution in [2.75, 3.05) is 13.1 Å². The molecule has 0 aromatic heterocycles. The first kappa shape index (κ1) is 14.2. The van der Waals surface area contributed by atoms with Crippen molar-refractivity contribution in [3.63, 3.8) is 0 Å². The van der Waals surface area contributed by atoms with Gasteiger partial charge in [0.1, 0.15) is 6.10 Å². The number of likely N-dealkylation sites (tertiary alicyclic amines) is 1. The number of nitriles is 1. The van der Waals surface area contributed by atoms with Gasteiger partial charge in [-0.25, -0.2) is 4.79 Å². The molecule has 1 saturated heterocycles. The average Bonchev–Trinajstić information content (AvgIpc) is 3.17. The first-order valence-electron chi connectivity index (χ1n) is 7.29. The Bertz CT molecular complexity index is 386. The third kappa shape index (κ3) is 3.20. The maximum absolute atomic E-state index is 12.1. The third-order valence-electron chi connectivity index (χ3n) is 4.95. The molecular weight excluding hydrogens is 240 g/mol. The van der Waals surface area contributed by atoms with Crippen molar-refractivity contribution in [3.05, 3.63) is 0 Å². The average molecular weight is 264 g/mol. The van der Waals surface area contributed by atoms with Gasteiger partial charge in [0, 0.05) is 19.5 Å². The number of carbonyl (C=O) groups is 1. The van der Waals surface area contributed by atoms with Crippen LogP contribution < -0.4 is 0 Å². The third-order valence-corrected chi connectivity index (χ3v) is 4.95. The molecule has 1 amide bonds. The molecule has 106 valence electrons. The minimum atomic E-state index is -0.176. The van der Waals surface area contributed by atoms with Crippen LogP contribution in [0.5, 0.6) is 0 Å². The Balaban J connectivity index is 1.87. The molecule has 0 spiro atoms. The maximum Gasteiger partial charge on any atom is 0.410 e. The Morgan fingerprint density at radius 1 is 1.58 bits per heavy atom. The van der Waals surface area contributed by atoms with E-state index in [9.17, 15) is 4.79 Å². The first-order valence-corrected chi connectivity index (χ1v) is 7.29. The number of hydrogen-bond acceptors (Lipinski definition) is 3. The number of carbonyl (C=O) groups excluding carboxylic acids is 1. The normalized spacial score (nSPS) is 32.5. The highest BCUT2D eigenvalue weighted by Gasteiger charge is 2.39. The van der Waals surface area contributed by atoms with Gasteiger partial charge in [0.15, 0.2) is 0 Å². The number of piperidine rings is 1. The second kappa shape index (κ2) is 5.40. The maximum atomic E-state index is 12.1. The van der Waals surface area contributed by atoms with E-state index in [0.29, 0.717) is 31.3 Å². The lowest BCUT2D eigenvalue weighted by Crippen LogP contribution is -2.48. The molecular formula is C15H24N2O2. The zero-order valence-electron chi connectivity index (χ0n) is 12.2. The molecule has 1 aliphatic carbocycles. The van der Waals surface area contributed by atoms with E-state index in [1.807, 2.05) is 11.8 Å². The van der Waals surface area contributed by atoms with Gasteiger partial charge in [-0.1, -0.05) is 13.8 Å². The van der Waals surface area contributed by atoms with Crippen molar-refractivity contribution < 1.29 is 9.53 Å². The largest absolute Gasteiger partial charge is 0.446 e. The van der Waals surface area contributed by atoms with Crippen LogP contribution in [0, 0.1) is 28.6 Å². The van der Waals surface area contributed by atoms with Crippen LogP contribution >= 0.6 is 0 Å². The highest BCUT2D eigenvalue weighted by atomic mass is 16.6. The summed E-state index contributed by atoms with van der Waals surface area (Å²) in [6, 6.07) is 2.27. The molecule has 1 aliphatic heterocycles. The fraction of sp³-hybridized carbons (Fsp3) is 0.867. The van der Waals surface area contributed by atoms with Crippen LogP contribution in [0.1, 0.15) is 46.5 Å². The smallest absolute Gasteiger partial charge is 0.410 e. The van der Waals surface area contributed by atoms with Gasteiger partial charge in [-0.2, -0.15) is 5.26 Å². The zero-order valence-corrected chi connectivity index (χ0v) is 12.2. The fourth-order valence-corrected chi connectivity index (χ4v) is 2.78. The molecule has 0 aromatic carbocycles. The standard InChI is InChI=1S/C15H24N2O2/c1-11-10-17(9-7-15(11,3)6-8-16)14(18)19-12(2)13-4-5-13/h11-13H,4-7,9-10H2,1-3H3. The summed E-state index contributed by atoms with van der Waals surface area (Å²) in [4.78, 5) is 13.9. The molecule has 2 aliphatic rings. The summed E-state index contributed by atoms with van der Waals surface area (Å²) < 4.78 is 5.51. The van der Waals surface area contributed by atoms with Gasteiger partial charge in [-0.05, 0) is 43.4 Å². The van der Waals surface area contributed by atoms with E-state index >= 15 is 0 Å². The van der Waals surface area contributed by atoms with Gasteiger partial charge in [0.25, 0.3) is 0 Å². The quantitative estimate of drug-likeness (QED) is 0.786. The van der Waals surface area contributed by atoms with E-state index in [2.05, 4.69) is 19.9 Å². The lowest BCUT2D eigenvalue weighted by molar-refractivity contribution is 0.0215. The molecule has 1 saturated carbocycles. The van der Waals surface area contributed by atoms with Gasteiger partial charge in [0.2, 0.25) is 0 Å². The van der Waals surface area contributed by atoms with Crippen LogP contribution in [0.15, 0.2) is 0 Å². The molecule has 0 aromatic rings. The van der Waals surface area contributed by atoms with Crippen LogP contribution in [0.2, 0.25) is 0 Å². The molecule has 4 nitrogen and oxygen atoms in total. The Labute approximate surface area is 115 Å². The van der Waals surface area contributed by atoms with E-state index in [-0.39, 0.29) is 17.6 Å². The van der Waals surface area contributed by atoms with Crippen LogP contribution in [0.4, 0.5) is 4.79 Å². The minimum absolute atomic E-state index is 0.0354. The number of amides is 1. The van der Waals surface area contributed by atoms with Crippen molar-refractivity contribution in [2.45, 2.75) is 52.6 Å². The second-order valence-electron chi connectivity index (χ2n) is 6.51. The van der Waals surface area contributed by atoms with E-state index in [1.54, 1.807) is 0 Å². The lowest BCUT2D eigenvalue weighted by atomic mass is 9.71. The van der Waals surface area contributed by atoms with Gasteiger partial charge in [0.05, 0.1) is 6.07 Å². The van der Waals surface area contributed by atoms with Crippen LogP contribution in [-0.4, -0.2) is 30.2 Å². The van der Waals surface area contributed by atoms with E-state index in [1.165, 1.54) is 12.8 Å². The number of hydrogen-bond donors (Lipinski definition) is 0. The van der Waals surface area contributed by atoms with Crippen molar-refractivity contribution in [2.24, 2.45) is 17.3 Å². The van der Waals surface area contributed by atoms with Crippen molar-refractivity contribution in [1.82, 2.24) is 4.90 Å². The summed E-state index contributed by atoms with van der Waals surface area (Å²) in [5.41, 5.74) is 0.0354. The van der Waals surface area contributed by atoms with Crippen LogP contribution in [0.25, 0.3) is 0 Å². The molecule has 0 radical (unpaired) electrons. The summed E-state index contributed by atoms with van der Waals surface area (Å²) >= 11 is 0. The molecule has 2 rings (SSSR count). The highest BCUT2D eigenvalue weighted by molar-refractivity contribution is 5.68. The fourth-order valence-electron chi connectivity index (χ4n) is 2.78. The van der Waals surface area contributed by atoms with E-state index in [0.717, 1.165) is 6.42 Å². The topological polar surface area (TPSA) is 53.3 Å². The van der Waals surface area contributed by atoms with Gasteiger partial charge in [-0.15, -0.1) is 0 Å². The van der Waals surface area contributed by atoms with Crippen LogP contribution in [-0.2, 0) is 4.74 Å². The minimum Gasteiger partial charge on any atom is -0.446 e. The Morgan fingerprint density at radius 3 is 2.79 bits per heavy atom. The summed E-state index contributed by atoms with van der Waals surface area (Å²) in [6.45, 7) is 7.67. The summed E-state index contributed by atoms with van der Waals surface area (Å²) in [5.74, 6) is 0.916. The Morgan fingerprint density at radius 2 is 2.26 bits per heavy atom. The first-order chi connectivity index (χ1) is 8.96. The van der Waals surface area contributed by atoms with Crippen molar-refractivity contribution in [3.8, 4) is 6.07 Å². The monoisotopic (exact) mass is 264 g/mol. The van der Waals surface area contributed by atoms with E-state index < -0.39 is 0 Å². The molecule has 3 atom stereocenters. The summed E-state index contributed by atoms with van der Waals surface area (Å²) in [7, 11) is 0. The Hall–Kier alpha value is -1.24. The van der Waals surface area contributed by atoms with Crippen molar-refractivity contribution >= 4 is 6.09 Å².